The van der Waals surface area contributed by atoms with Gasteiger partial charge in [-0.3, -0.25) is 28.9 Å². The van der Waals surface area contributed by atoms with Crippen LogP contribution in [0.4, 0.5) is 0 Å². The summed E-state index contributed by atoms with van der Waals surface area (Å²) >= 11 is 0. The molecule has 0 bridgehead atoms. The Hall–Kier alpha value is -4.59. The number of esters is 1. The van der Waals surface area contributed by atoms with Crippen LogP contribution in [0.15, 0.2) is 71.8 Å². The van der Waals surface area contributed by atoms with Gasteiger partial charge >= 0.3 is 5.97 Å². The van der Waals surface area contributed by atoms with Crippen molar-refractivity contribution < 1.29 is 28.7 Å². The van der Waals surface area contributed by atoms with E-state index in [2.05, 4.69) is 16.0 Å². The number of carbonyl (C=O) groups is 5. The van der Waals surface area contributed by atoms with Gasteiger partial charge in [-0.15, -0.1) is 0 Å². The average Bonchev–Trinajstić information content (AvgIpc) is 3.70. The van der Waals surface area contributed by atoms with E-state index in [4.69, 9.17) is 16.2 Å². The topological polar surface area (TPSA) is 189 Å². The van der Waals surface area contributed by atoms with Crippen molar-refractivity contribution in [2.75, 3.05) is 45.9 Å². The van der Waals surface area contributed by atoms with Gasteiger partial charge in [-0.25, -0.2) is 0 Å². The lowest BCUT2D eigenvalue weighted by Gasteiger charge is -2.29. The summed E-state index contributed by atoms with van der Waals surface area (Å²) in [5.74, 6) is -1.90. The van der Waals surface area contributed by atoms with Crippen LogP contribution in [0.25, 0.3) is 0 Å². The summed E-state index contributed by atoms with van der Waals surface area (Å²) in [7, 11) is 0. The summed E-state index contributed by atoms with van der Waals surface area (Å²) in [6.45, 7) is 8.69. The van der Waals surface area contributed by atoms with E-state index in [0.717, 1.165) is 22.3 Å². The highest BCUT2D eigenvalue weighted by Crippen LogP contribution is 2.26. The smallest absolute Gasteiger partial charge is 0.320 e. The molecule has 0 spiro atoms. The summed E-state index contributed by atoms with van der Waals surface area (Å²) in [6, 6.07) is 15.1. The molecule has 13 heteroatoms. The number of hydrogen-bond donors (Lipinski definition) is 5. The highest BCUT2D eigenvalue weighted by molar-refractivity contribution is 5.95. The molecule has 2 aromatic rings. The molecule has 4 amide bonds. The Morgan fingerprint density at radius 1 is 0.736 bits per heavy atom. The van der Waals surface area contributed by atoms with Gasteiger partial charge in [0, 0.05) is 32.6 Å². The third kappa shape index (κ3) is 12.8. The standard InChI is InChI=1S/C40H57N7O6/c1-4-53-36(48)26-46-22-30-24-47(25-31(30)23-46)40(52)33(17-11-12-18-41)43-38(50)34(19-27(2)3)45-39(51)35(21-29-15-9-6-10-16-29)44-37(49)32(42)20-28-13-7-5-8-14-28/h5-10,13-16,27,32-35H,4,11-12,17-26,41-42H2,1-3H3,(H,43,50)(H,44,49)(H,45,51). The van der Waals surface area contributed by atoms with Crippen molar-refractivity contribution in [3.05, 3.63) is 82.9 Å². The molecule has 0 radical (unpaired) electrons. The lowest BCUT2D eigenvalue weighted by atomic mass is 9.99. The van der Waals surface area contributed by atoms with E-state index in [1.165, 1.54) is 0 Å². The molecule has 2 aliphatic heterocycles. The number of nitrogens with two attached hydrogens (primary N) is 2. The number of ether oxygens (including phenoxy) is 1. The molecule has 4 atom stereocenters. The minimum Gasteiger partial charge on any atom is -0.465 e. The number of hydrogen-bond acceptors (Lipinski definition) is 9. The van der Waals surface area contributed by atoms with Gasteiger partial charge in [0.05, 0.1) is 19.2 Å². The maximum Gasteiger partial charge on any atom is 0.320 e. The van der Waals surface area contributed by atoms with Gasteiger partial charge in [0.15, 0.2) is 0 Å². The highest BCUT2D eigenvalue weighted by atomic mass is 16.5. The zero-order chi connectivity index (χ0) is 38.3. The predicted octanol–water partition coefficient (Wildman–Crippen LogP) is 1.45. The number of nitrogens with zero attached hydrogens (tertiary/aromatic N) is 2. The molecule has 2 aliphatic rings. The van der Waals surface area contributed by atoms with E-state index in [-0.39, 0.29) is 30.8 Å². The summed E-state index contributed by atoms with van der Waals surface area (Å²) in [4.78, 5) is 71.0. The second-order valence-electron chi connectivity index (χ2n) is 14.4. The van der Waals surface area contributed by atoms with E-state index in [1.807, 2.05) is 79.4 Å². The molecule has 4 rings (SSSR count). The fourth-order valence-corrected chi connectivity index (χ4v) is 6.83. The maximum atomic E-state index is 14.0. The summed E-state index contributed by atoms with van der Waals surface area (Å²) in [5.41, 5.74) is 16.0. The molecule has 2 heterocycles. The van der Waals surface area contributed by atoms with Crippen molar-refractivity contribution in [3.8, 4) is 0 Å². The second-order valence-corrected chi connectivity index (χ2v) is 14.4. The number of rotatable bonds is 20. The Bertz CT molecular complexity index is 1550. The van der Waals surface area contributed by atoms with Crippen molar-refractivity contribution in [1.29, 1.82) is 0 Å². The van der Waals surface area contributed by atoms with Gasteiger partial charge in [0.25, 0.3) is 0 Å². The van der Waals surface area contributed by atoms with Crippen LogP contribution in [-0.4, -0.2) is 109 Å². The number of benzene rings is 2. The second kappa shape index (κ2) is 20.6. The van der Waals surface area contributed by atoms with E-state index in [0.29, 0.717) is 71.4 Å². The number of nitrogens with one attached hydrogen (secondary N) is 3. The van der Waals surface area contributed by atoms with Gasteiger partial charge in [-0.2, -0.15) is 0 Å². The van der Waals surface area contributed by atoms with Crippen molar-refractivity contribution in [1.82, 2.24) is 25.8 Å². The normalized spacial score (nSPS) is 16.5. The molecule has 13 nitrogen and oxygen atoms in total. The molecule has 0 saturated heterocycles. The molecule has 0 saturated carbocycles. The zero-order valence-corrected chi connectivity index (χ0v) is 31.4. The maximum absolute atomic E-state index is 14.0. The Labute approximate surface area is 313 Å². The van der Waals surface area contributed by atoms with Crippen LogP contribution < -0.4 is 27.4 Å². The van der Waals surface area contributed by atoms with Crippen LogP contribution in [0, 0.1) is 5.92 Å². The highest BCUT2D eigenvalue weighted by Gasteiger charge is 2.37. The summed E-state index contributed by atoms with van der Waals surface area (Å²) < 4.78 is 5.09. The molecule has 4 unspecified atom stereocenters. The number of carbonyl (C=O) groups excluding carboxylic acids is 5. The first kappa shape index (κ1) is 41.2. The lowest BCUT2D eigenvalue weighted by Crippen LogP contribution is -2.58. The van der Waals surface area contributed by atoms with Gasteiger partial charge in [0.1, 0.15) is 18.1 Å². The quantitative estimate of drug-likeness (QED) is 0.0763. The molecule has 0 aliphatic carbocycles. The van der Waals surface area contributed by atoms with E-state index >= 15 is 0 Å². The fourth-order valence-electron chi connectivity index (χ4n) is 6.83. The lowest BCUT2D eigenvalue weighted by molar-refractivity contribution is -0.144. The van der Waals surface area contributed by atoms with Crippen LogP contribution in [-0.2, 0) is 41.6 Å². The third-order valence-corrected chi connectivity index (χ3v) is 9.51. The Morgan fingerprint density at radius 3 is 1.85 bits per heavy atom. The minimum absolute atomic E-state index is 0.0298. The van der Waals surface area contributed by atoms with Gasteiger partial charge < -0.3 is 37.1 Å². The average molecular weight is 732 g/mol. The predicted molar refractivity (Wildman–Crippen MR) is 203 cm³/mol. The molecule has 7 N–H and O–H groups in total. The van der Waals surface area contributed by atoms with Crippen LogP contribution >= 0.6 is 0 Å². The minimum atomic E-state index is -1.00. The van der Waals surface area contributed by atoms with Crippen LogP contribution in [0.2, 0.25) is 0 Å². The first-order valence-corrected chi connectivity index (χ1v) is 18.8. The van der Waals surface area contributed by atoms with Crippen LogP contribution in [0.1, 0.15) is 57.6 Å². The van der Waals surface area contributed by atoms with Gasteiger partial charge in [-0.1, -0.05) is 74.5 Å². The molecule has 0 fully saturated rings. The van der Waals surface area contributed by atoms with E-state index in [9.17, 15) is 24.0 Å². The van der Waals surface area contributed by atoms with Crippen LogP contribution in [0.3, 0.4) is 0 Å². The largest absolute Gasteiger partial charge is 0.465 e. The van der Waals surface area contributed by atoms with Gasteiger partial charge in [-0.05, 0) is 73.8 Å². The van der Waals surface area contributed by atoms with Crippen molar-refractivity contribution in [2.24, 2.45) is 17.4 Å². The molecular weight excluding hydrogens is 674 g/mol. The van der Waals surface area contributed by atoms with Crippen LogP contribution in [0.5, 0.6) is 0 Å². The first-order chi connectivity index (χ1) is 25.5. The summed E-state index contributed by atoms with van der Waals surface area (Å²) in [6.07, 6.45) is 2.53. The van der Waals surface area contributed by atoms with Gasteiger partial charge in [0.2, 0.25) is 23.6 Å². The van der Waals surface area contributed by atoms with Crippen molar-refractivity contribution in [3.63, 3.8) is 0 Å². The molecule has 53 heavy (non-hydrogen) atoms. The zero-order valence-electron chi connectivity index (χ0n) is 31.4. The third-order valence-electron chi connectivity index (χ3n) is 9.51. The Morgan fingerprint density at radius 2 is 1.28 bits per heavy atom. The van der Waals surface area contributed by atoms with E-state index < -0.39 is 41.9 Å². The fraction of sp³-hybridized carbons (Fsp3) is 0.525. The molecular formula is C40H57N7O6. The molecule has 2 aromatic carbocycles. The monoisotopic (exact) mass is 731 g/mol. The van der Waals surface area contributed by atoms with E-state index in [1.54, 1.807) is 11.8 Å². The molecule has 288 valence electrons. The van der Waals surface area contributed by atoms with Crippen molar-refractivity contribution in [2.45, 2.75) is 83.5 Å². The van der Waals surface area contributed by atoms with Crippen molar-refractivity contribution >= 4 is 29.6 Å². The first-order valence-electron chi connectivity index (χ1n) is 18.8. The Kier molecular flexibility index (Phi) is 16.0. The summed E-state index contributed by atoms with van der Waals surface area (Å²) in [5, 5.41) is 8.71. The number of amides is 4. The Balaban J connectivity index is 1.44. The number of unbranched alkanes of at least 4 members (excludes halogenated alkanes) is 1. The SMILES string of the molecule is CCOC(=O)CN1CC2=C(C1)CN(C(=O)C(CCCCN)NC(=O)C(CC(C)C)NC(=O)C(Cc1ccccc1)NC(=O)C(N)Cc1ccccc1)C2. The molecule has 0 aromatic heterocycles.